The number of nitrogens with one attached hydrogen (secondary N) is 1. The fourth-order valence-electron chi connectivity index (χ4n) is 4.48. The number of carbonyl (C=O) groups excluding carboxylic acids is 1. The van der Waals surface area contributed by atoms with Crippen LogP contribution in [-0.2, 0) is 4.79 Å². The molecule has 2 aliphatic heterocycles. The maximum Gasteiger partial charge on any atom is 0.226 e. The molecule has 0 bridgehead atoms. The maximum atomic E-state index is 12.6. The first kappa shape index (κ1) is 16.4. The molecule has 5 rings (SSSR count). The predicted molar refractivity (Wildman–Crippen MR) is 105 cm³/mol. The van der Waals surface area contributed by atoms with Gasteiger partial charge in [0.25, 0.3) is 0 Å². The highest BCUT2D eigenvalue weighted by molar-refractivity contribution is 5.96. The fraction of sp³-hybridized carbons (Fsp3) is 0.381. The van der Waals surface area contributed by atoms with E-state index >= 15 is 0 Å². The van der Waals surface area contributed by atoms with Crippen molar-refractivity contribution in [1.29, 1.82) is 0 Å². The first-order valence-electron chi connectivity index (χ1n) is 9.59. The molecule has 4 heterocycles. The third-order valence-corrected chi connectivity index (χ3v) is 5.97. The number of amides is 1. The van der Waals surface area contributed by atoms with Crippen molar-refractivity contribution in [2.75, 3.05) is 25.5 Å². The zero-order valence-corrected chi connectivity index (χ0v) is 15.4. The van der Waals surface area contributed by atoms with Gasteiger partial charge in [-0.15, -0.1) is 0 Å². The van der Waals surface area contributed by atoms with E-state index in [4.69, 9.17) is 5.10 Å². The second-order valence-electron chi connectivity index (χ2n) is 7.68. The lowest BCUT2D eigenvalue weighted by molar-refractivity contribution is -0.116. The molecular weight excluding hydrogens is 338 g/mol. The van der Waals surface area contributed by atoms with E-state index in [1.165, 1.54) is 5.56 Å². The van der Waals surface area contributed by atoms with Gasteiger partial charge in [0.15, 0.2) is 0 Å². The van der Waals surface area contributed by atoms with Crippen LogP contribution in [0.4, 0.5) is 5.82 Å². The van der Waals surface area contributed by atoms with Crippen molar-refractivity contribution in [3.8, 4) is 0 Å². The van der Waals surface area contributed by atoms with Gasteiger partial charge in [-0.2, -0.15) is 5.10 Å². The zero-order valence-electron chi connectivity index (χ0n) is 15.4. The molecule has 138 valence electrons. The number of fused-ring (bicyclic) bond motifs is 2. The molecule has 1 N–H and O–H groups in total. The summed E-state index contributed by atoms with van der Waals surface area (Å²) in [7, 11) is 2.15. The van der Waals surface area contributed by atoms with Gasteiger partial charge in [-0.25, -0.2) is 4.68 Å². The van der Waals surface area contributed by atoms with Crippen molar-refractivity contribution in [2.24, 2.45) is 0 Å². The number of rotatable bonds is 2. The molecular formula is C21H23N5O. The molecule has 0 saturated carbocycles. The fourth-order valence-corrected chi connectivity index (χ4v) is 4.48. The van der Waals surface area contributed by atoms with E-state index < -0.39 is 0 Å². The van der Waals surface area contributed by atoms with Gasteiger partial charge >= 0.3 is 0 Å². The number of aromatic nitrogens is 3. The van der Waals surface area contributed by atoms with E-state index in [1.807, 2.05) is 30.7 Å². The van der Waals surface area contributed by atoms with Crippen LogP contribution in [0.5, 0.6) is 0 Å². The lowest BCUT2D eigenvalue weighted by Gasteiger charge is -2.31. The first-order chi connectivity index (χ1) is 13.2. The molecule has 0 radical (unpaired) electrons. The van der Waals surface area contributed by atoms with Crippen LogP contribution in [0.2, 0.25) is 0 Å². The zero-order chi connectivity index (χ0) is 18.4. The lowest BCUT2D eigenvalue weighted by Crippen LogP contribution is -2.33. The van der Waals surface area contributed by atoms with Gasteiger partial charge in [0, 0.05) is 35.7 Å². The molecule has 2 aromatic heterocycles. The SMILES string of the molecule is CN1CCC(n2ncc3c2NC(=O)CC3c2cccc3cnccc23)CC1. The van der Waals surface area contributed by atoms with Crippen molar-refractivity contribution in [2.45, 2.75) is 31.2 Å². The highest BCUT2D eigenvalue weighted by atomic mass is 16.1. The molecule has 1 saturated heterocycles. The van der Waals surface area contributed by atoms with E-state index in [0.717, 1.165) is 48.1 Å². The molecule has 3 aromatic rings. The molecule has 1 amide bonds. The number of likely N-dealkylation sites (tertiary alicyclic amines) is 1. The third-order valence-electron chi connectivity index (χ3n) is 5.97. The van der Waals surface area contributed by atoms with Crippen LogP contribution in [0.25, 0.3) is 10.8 Å². The first-order valence-corrected chi connectivity index (χ1v) is 9.59. The Bertz CT molecular complexity index is 997. The Morgan fingerprint density at radius 1 is 1.11 bits per heavy atom. The van der Waals surface area contributed by atoms with Gasteiger partial charge in [-0.3, -0.25) is 9.78 Å². The number of piperidine rings is 1. The summed E-state index contributed by atoms with van der Waals surface area (Å²) in [5.74, 6) is 0.977. The Balaban J connectivity index is 1.58. The number of nitrogens with zero attached hydrogens (tertiary/aromatic N) is 4. The largest absolute Gasteiger partial charge is 0.311 e. The van der Waals surface area contributed by atoms with Crippen molar-refractivity contribution in [3.05, 3.63) is 54.0 Å². The van der Waals surface area contributed by atoms with E-state index in [1.54, 1.807) is 0 Å². The summed E-state index contributed by atoms with van der Waals surface area (Å²) in [6, 6.07) is 8.63. The summed E-state index contributed by atoms with van der Waals surface area (Å²) in [6.07, 6.45) is 8.23. The summed E-state index contributed by atoms with van der Waals surface area (Å²) < 4.78 is 2.05. The molecule has 6 nitrogen and oxygen atoms in total. The summed E-state index contributed by atoms with van der Waals surface area (Å²) in [4.78, 5) is 19.1. The molecule has 27 heavy (non-hydrogen) atoms. The van der Waals surface area contributed by atoms with Gasteiger partial charge in [0.1, 0.15) is 5.82 Å². The Kier molecular flexibility index (Phi) is 3.93. The van der Waals surface area contributed by atoms with E-state index in [9.17, 15) is 4.79 Å². The van der Waals surface area contributed by atoms with Crippen molar-refractivity contribution in [3.63, 3.8) is 0 Å². The Hall–Kier alpha value is -2.73. The highest BCUT2D eigenvalue weighted by Gasteiger charge is 2.33. The van der Waals surface area contributed by atoms with Gasteiger partial charge in [0.05, 0.1) is 12.2 Å². The number of hydrogen-bond acceptors (Lipinski definition) is 4. The molecule has 0 spiro atoms. The van der Waals surface area contributed by atoms with Crippen LogP contribution in [-0.4, -0.2) is 45.7 Å². The summed E-state index contributed by atoms with van der Waals surface area (Å²) >= 11 is 0. The molecule has 1 unspecified atom stereocenters. The van der Waals surface area contributed by atoms with Crippen LogP contribution in [0.1, 0.15) is 42.3 Å². The molecule has 2 aliphatic rings. The van der Waals surface area contributed by atoms with Gasteiger partial charge in [-0.05, 0) is 50.0 Å². The minimum atomic E-state index is 0.0277. The minimum absolute atomic E-state index is 0.0277. The lowest BCUT2D eigenvalue weighted by atomic mass is 9.85. The number of hydrogen-bond donors (Lipinski definition) is 1. The van der Waals surface area contributed by atoms with Gasteiger partial charge in [-0.1, -0.05) is 18.2 Å². The third kappa shape index (κ3) is 2.80. The molecule has 0 aliphatic carbocycles. The number of pyridine rings is 1. The van der Waals surface area contributed by atoms with Crippen LogP contribution in [0, 0.1) is 0 Å². The van der Waals surface area contributed by atoms with Crippen molar-refractivity contribution >= 4 is 22.5 Å². The predicted octanol–water partition coefficient (Wildman–Crippen LogP) is 3.17. The standard InChI is InChI=1S/C21H23N5O/c1-25-9-6-15(7-10-25)26-21-19(13-23-26)18(11-20(27)24-21)17-4-2-3-14-12-22-8-5-16(14)17/h2-5,8,12-13,15,18H,6-7,9-11H2,1H3,(H,24,27). The van der Waals surface area contributed by atoms with E-state index in [2.05, 4.69) is 39.1 Å². The molecule has 1 atom stereocenters. The summed E-state index contributed by atoms with van der Waals surface area (Å²) in [5.41, 5.74) is 2.30. The van der Waals surface area contributed by atoms with Crippen LogP contribution >= 0.6 is 0 Å². The van der Waals surface area contributed by atoms with Gasteiger partial charge < -0.3 is 10.2 Å². The van der Waals surface area contributed by atoms with Gasteiger partial charge in [0.2, 0.25) is 5.91 Å². The Morgan fingerprint density at radius 2 is 1.96 bits per heavy atom. The monoisotopic (exact) mass is 361 g/mol. The van der Waals surface area contributed by atoms with Crippen molar-refractivity contribution in [1.82, 2.24) is 19.7 Å². The number of anilines is 1. The summed E-state index contributed by atoms with van der Waals surface area (Å²) in [5, 5.41) is 10.1. The van der Waals surface area contributed by atoms with Crippen LogP contribution in [0.3, 0.4) is 0 Å². The van der Waals surface area contributed by atoms with Crippen LogP contribution < -0.4 is 5.32 Å². The number of carbonyl (C=O) groups is 1. The normalized spacial score (nSPS) is 21.2. The average molecular weight is 361 g/mol. The summed E-state index contributed by atoms with van der Waals surface area (Å²) in [6.45, 7) is 2.12. The number of benzene rings is 1. The minimum Gasteiger partial charge on any atom is -0.311 e. The molecule has 1 aromatic carbocycles. The van der Waals surface area contributed by atoms with Crippen molar-refractivity contribution < 1.29 is 4.79 Å². The van der Waals surface area contributed by atoms with E-state index in [-0.39, 0.29) is 11.8 Å². The van der Waals surface area contributed by atoms with E-state index in [0.29, 0.717) is 12.5 Å². The second kappa shape index (κ2) is 6.46. The quantitative estimate of drug-likeness (QED) is 0.761. The Labute approximate surface area is 158 Å². The topological polar surface area (TPSA) is 63.1 Å². The smallest absolute Gasteiger partial charge is 0.226 e. The highest BCUT2D eigenvalue weighted by Crippen LogP contribution is 2.41. The van der Waals surface area contributed by atoms with Crippen LogP contribution in [0.15, 0.2) is 42.9 Å². The molecule has 6 heteroatoms. The second-order valence-corrected chi connectivity index (χ2v) is 7.68. The maximum absolute atomic E-state index is 12.6. The average Bonchev–Trinajstić information content (AvgIpc) is 3.11. The Morgan fingerprint density at radius 3 is 2.81 bits per heavy atom. The molecule has 1 fully saturated rings.